The van der Waals surface area contributed by atoms with E-state index in [1.54, 1.807) is 6.33 Å². The summed E-state index contributed by atoms with van der Waals surface area (Å²) >= 11 is 0. The molecule has 1 N–H and O–H groups in total. The van der Waals surface area contributed by atoms with Gasteiger partial charge in [-0.3, -0.25) is 0 Å². The number of aromatic nitrogens is 2. The zero-order chi connectivity index (χ0) is 17.1. The molecule has 0 saturated carbocycles. The van der Waals surface area contributed by atoms with Crippen molar-refractivity contribution in [3.63, 3.8) is 0 Å². The minimum atomic E-state index is 0.187. The standard InChI is InChI=1S/C20H26N4O/c25-14-18-8-4-5-10-24(18)20-12-19(21-15-22-20)23-11-9-17(13-23)16-6-2-1-3-7-16/h1-3,6-7,12,15,17-18,25H,4-5,8-11,13-14H2. The minimum Gasteiger partial charge on any atom is -0.394 e. The van der Waals surface area contributed by atoms with Gasteiger partial charge >= 0.3 is 0 Å². The highest BCUT2D eigenvalue weighted by Crippen LogP contribution is 2.31. The first-order valence-electron chi connectivity index (χ1n) is 9.34. The third-order valence-electron chi connectivity index (χ3n) is 5.55. The fourth-order valence-corrected chi connectivity index (χ4v) is 4.12. The van der Waals surface area contributed by atoms with Gasteiger partial charge in [0.05, 0.1) is 12.6 Å². The van der Waals surface area contributed by atoms with Gasteiger partial charge in [-0.15, -0.1) is 0 Å². The van der Waals surface area contributed by atoms with Crippen molar-refractivity contribution in [1.29, 1.82) is 0 Å². The van der Waals surface area contributed by atoms with Crippen molar-refractivity contribution in [2.24, 2.45) is 0 Å². The molecule has 0 amide bonds. The Bertz CT molecular complexity index is 693. The van der Waals surface area contributed by atoms with Crippen LogP contribution in [0.15, 0.2) is 42.7 Å². The van der Waals surface area contributed by atoms with Crippen LogP contribution in [0.5, 0.6) is 0 Å². The van der Waals surface area contributed by atoms with Crippen LogP contribution in [0.1, 0.15) is 37.2 Å². The number of anilines is 2. The van der Waals surface area contributed by atoms with Gasteiger partial charge in [0.15, 0.2) is 0 Å². The average Bonchev–Trinajstić information content (AvgIpc) is 3.19. The van der Waals surface area contributed by atoms with Crippen molar-refractivity contribution < 1.29 is 5.11 Å². The van der Waals surface area contributed by atoms with Gasteiger partial charge < -0.3 is 14.9 Å². The van der Waals surface area contributed by atoms with E-state index in [4.69, 9.17) is 0 Å². The second-order valence-electron chi connectivity index (χ2n) is 7.10. The number of aliphatic hydroxyl groups excluding tert-OH is 1. The third kappa shape index (κ3) is 3.47. The molecule has 2 aliphatic heterocycles. The smallest absolute Gasteiger partial charge is 0.134 e. The third-order valence-corrected chi connectivity index (χ3v) is 5.55. The fraction of sp³-hybridized carbons (Fsp3) is 0.500. The zero-order valence-corrected chi connectivity index (χ0v) is 14.6. The summed E-state index contributed by atoms with van der Waals surface area (Å²) < 4.78 is 0. The van der Waals surface area contributed by atoms with Crippen LogP contribution in [0.4, 0.5) is 11.6 Å². The summed E-state index contributed by atoms with van der Waals surface area (Å²) in [6.07, 6.45) is 6.21. The monoisotopic (exact) mass is 338 g/mol. The highest BCUT2D eigenvalue weighted by Gasteiger charge is 2.27. The summed E-state index contributed by atoms with van der Waals surface area (Å²) in [5.74, 6) is 2.53. The lowest BCUT2D eigenvalue weighted by Gasteiger charge is -2.35. The molecule has 0 bridgehead atoms. The van der Waals surface area contributed by atoms with Gasteiger partial charge in [-0.05, 0) is 31.2 Å². The van der Waals surface area contributed by atoms with Crippen molar-refractivity contribution in [1.82, 2.24) is 9.97 Å². The van der Waals surface area contributed by atoms with Crippen LogP contribution in [-0.4, -0.2) is 47.4 Å². The predicted octanol–water partition coefficient (Wildman–Crippen LogP) is 2.82. The second-order valence-corrected chi connectivity index (χ2v) is 7.10. The highest BCUT2D eigenvalue weighted by molar-refractivity contribution is 5.52. The van der Waals surface area contributed by atoms with E-state index < -0.39 is 0 Å². The van der Waals surface area contributed by atoms with Crippen LogP contribution in [0.25, 0.3) is 0 Å². The second kappa shape index (κ2) is 7.40. The molecule has 0 radical (unpaired) electrons. The van der Waals surface area contributed by atoms with E-state index >= 15 is 0 Å². The molecule has 5 heteroatoms. The molecular weight excluding hydrogens is 312 g/mol. The summed E-state index contributed by atoms with van der Waals surface area (Å²) in [4.78, 5) is 13.6. The normalized spacial score (nSPS) is 23.9. The van der Waals surface area contributed by atoms with E-state index in [0.29, 0.717) is 5.92 Å². The van der Waals surface area contributed by atoms with Crippen molar-refractivity contribution in [2.75, 3.05) is 36.0 Å². The number of nitrogens with zero attached hydrogens (tertiary/aromatic N) is 4. The molecule has 0 spiro atoms. The molecule has 2 aliphatic rings. The maximum absolute atomic E-state index is 9.67. The quantitative estimate of drug-likeness (QED) is 0.929. The Balaban J connectivity index is 1.50. The molecule has 3 heterocycles. The molecule has 4 rings (SSSR count). The van der Waals surface area contributed by atoms with E-state index in [2.05, 4.69) is 56.2 Å². The lowest BCUT2D eigenvalue weighted by molar-refractivity contribution is 0.239. The lowest BCUT2D eigenvalue weighted by Crippen LogP contribution is -2.42. The largest absolute Gasteiger partial charge is 0.394 e. The van der Waals surface area contributed by atoms with Crippen LogP contribution < -0.4 is 9.80 Å². The molecule has 2 fully saturated rings. The number of aliphatic hydroxyl groups is 1. The van der Waals surface area contributed by atoms with E-state index in [1.165, 1.54) is 12.0 Å². The van der Waals surface area contributed by atoms with Gasteiger partial charge in [-0.25, -0.2) is 9.97 Å². The van der Waals surface area contributed by atoms with Crippen LogP contribution in [0.2, 0.25) is 0 Å². The van der Waals surface area contributed by atoms with Crippen molar-refractivity contribution in [3.8, 4) is 0 Å². The van der Waals surface area contributed by atoms with E-state index in [-0.39, 0.29) is 12.6 Å². The molecule has 2 aromatic rings. The van der Waals surface area contributed by atoms with Crippen molar-refractivity contribution in [2.45, 2.75) is 37.6 Å². The Morgan fingerprint density at radius 3 is 2.68 bits per heavy atom. The lowest BCUT2D eigenvalue weighted by atomic mass is 9.99. The van der Waals surface area contributed by atoms with Crippen molar-refractivity contribution >= 4 is 11.6 Å². The number of piperidine rings is 1. The molecule has 0 aliphatic carbocycles. The highest BCUT2D eigenvalue weighted by atomic mass is 16.3. The number of rotatable bonds is 4. The zero-order valence-electron chi connectivity index (χ0n) is 14.6. The van der Waals surface area contributed by atoms with E-state index in [0.717, 1.165) is 50.5 Å². The van der Waals surface area contributed by atoms with Gasteiger partial charge in [0, 0.05) is 31.6 Å². The molecule has 1 aromatic carbocycles. The molecule has 2 saturated heterocycles. The molecule has 132 valence electrons. The van der Waals surface area contributed by atoms with Crippen LogP contribution in [0, 0.1) is 0 Å². The Morgan fingerprint density at radius 2 is 1.84 bits per heavy atom. The Kier molecular flexibility index (Phi) is 4.83. The van der Waals surface area contributed by atoms with Gasteiger partial charge in [0.25, 0.3) is 0 Å². The van der Waals surface area contributed by atoms with Crippen LogP contribution in [-0.2, 0) is 0 Å². The van der Waals surface area contributed by atoms with Gasteiger partial charge in [0.1, 0.15) is 18.0 Å². The molecule has 2 atom stereocenters. The van der Waals surface area contributed by atoms with E-state index in [9.17, 15) is 5.11 Å². The van der Waals surface area contributed by atoms with E-state index in [1.807, 2.05) is 0 Å². The molecule has 1 aromatic heterocycles. The van der Waals surface area contributed by atoms with Gasteiger partial charge in [-0.1, -0.05) is 30.3 Å². The molecule has 5 nitrogen and oxygen atoms in total. The Hall–Kier alpha value is -2.14. The topological polar surface area (TPSA) is 52.5 Å². The van der Waals surface area contributed by atoms with Crippen LogP contribution >= 0.6 is 0 Å². The van der Waals surface area contributed by atoms with Crippen LogP contribution in [0.3, 0.4) is 0 Å². The summed E-state index contributed by atoms with van der Waals surface area (Å²) in [6, 6.07) is 13.0. The maximum atomic E-state index is 9.67. The number of hydrogen-bond acceptors (Lipinski definition) is 5. The predicted molar refractivity (Wildman–Crippen MR) is 100 cm³/mol. The fourth-order valence-electron chi connectivity index (χ4n) is 4.12. The number of hydrogen-bond donors (Lipinski definition) is 1. The van der Waals surface area contributed by atoms with Gasteiger partial charge in [0.2, 0.25) is 0 Å². The first-order valence-corrected chi connectivity index (χ1v) is 9.34. The summed E-state index contributed by atoms with van der Waals surface area (Å²) in [5, 5.41) is 9.67. The SMILES string of the molecule is OCC1CCCCN1c1cc(N2CCC(c3ccccc3)C2)ncn1. The average molecular weight is 338 g/mol. The molecule has 25 heavy (non-hydrogen) atoms. The molecule has 2 unspecified atom stereocenters. The van der Waals surface area contributed by atoms with Crippen molar-refractivity contribution in [3.05, 3.63) is 48.3 Å². The first kappa shape index (κ1) is 16.3. The summed E-state index contributed by atoms with van der Waals surface area (Å²) in [5.41, 5.74) is 1.41. The van der Waals surface area contributed by atoms with Gasteiger partial charge in [-0.2, -0.15) is 0 Å². The Labute approximate surface area is 149 Å². The number of benzene rings is 1. The Morgan fingerprint density at radius 1 is 1.00 bits per heavy atom. The first-order chi connectivity index (χ1) is 12.3. The molecular formula is C20H26N4O. The summed E-state index contributed by atoms with van der Waals surface area (Å²) in [7, 11) is 0. The maximum Gasteiger partial charge on any atom is 0.134 e. The minimum absolute atomic E-state index is 0.187. The summed E-state index contributed by atoms with van der Waals surface area (Å²) in [6.45, 7) is 3.19.